The minimum absolute atomic E-state index is 0.0105. The minimum Gasteiger partial charge on any atom is -0.444 e. The number of anilines is 2. The molecule has 0 saturated carbocycles. The maximum Gasteiger partial charge on any atom is 0.410 e. The van der Waals surface area contributed by atoms with E-state index in [2.05, 4.69) is 17.2 Å². The second-order valence-electron chi connectivity index (χ2n) is 10.2. The minimum atomic E-state index is -0.595. The number of aldehydes is 1. The molecule has 2 rings (SSSR count). The summed E-state index contributed by atoms with van der Waals surface area (Å²) in [7, 11) is 4.93. The first-order valence-corrected chi connectivity index (χ1v) is 12.8. The van der Waals surface area contributed by atoms with Crippen LogP contribution in [-0.2, 0) is 23.9 Å². The molecule has 0 radical (unpaired) electrons. The van der Waals surface area contributed by atoms with Crippen LogP contribution in [0.15, 0.2) is 18.2 Å². The van der Waals surface area contributed by atoms with Gasteiger partial charge in [-0.3, -0.25) is 9.59 Å². The number of benzene rings is 1. The Kier molecular flexibility index (Phi) is 11.6. The monoisotopic (exact) mass is 528 g/mol. The van der Waals surface area contributed by atoms with Crippen LogP contribution < -0.4 is 15.1 Å². The van der Waals surface area contributed by atoms with Gasteiger partial charge in [0.2, 0.25) is 12.3 Å². The van der Waals surface area contributed by atoms with Crippen molar-refractivity contribution in [1.29, 1.82) is 0 Å². The van der Waals surface area contributed by atoms with Gasteiger partial charge in [0.1, 0.15) is 24.5 Å². The van der Waals surface area contributed by atoms with Gasteiger partial charge < -0.3 is 34.3 Å². The van der Waals surface area contributed by atoms with E-state index in [0.717, 1.165) is 6.29 Å². The van der Waals surface area contributed by atoms with Crippen LogP contribution in [0.1, 0.15) is 52.0 Å². The van der Waals surface area contributed by atoms with Crippen LogP contribution in [0, 0.1) is 11.8 Å². The van der Waals surface area contributed by atoms with Crippen molar-refractivity contribution in [3.8, 4) is 11.8 Å². The van der Waals surface area contributed by atoms with E-state index >= 15 is 0 Å². The zero-order chi connectivity index (χ0) is 28.3. The second-order valence-corrected chi connectivity index (χ2v) is 10.2. The third-order valence-electron chi connectivity index (χ3n) is 6.19. The zero-order valence-electron chi connectivity index (χ0n) is 23.3. The Morgan fingerprint density at radius 1 is 1.21 bits per heavy atom. The maximum absolute atomic E-state index is 12.5. The largest absolute Gasteiger partial charge is 0.444 e. The number of hydrogen-bond acceptors (Lipinski definition) is 7. The smallest absolute Gasteiger partial charge is 0.410 e. The van der Waals surface area contributed by atoms with Crippen molar-refractivity contribution in [2.45, 2.75) is 64.2 Å². The van der Waals surface area contributed by atoms with Crippen LogP contribution >= 0.6 is 0 Å². The number of hydrogen-bond donors (Lipinski definition) is 1. The molecule has 1 aliphatic rings. The van der Waals surface area contributed by atoms with Gasteiger partial charge in [0.05, 0.1) is 23.0 Å². The lowest BCUT2D eigenvalue weighted by molar-refractivity contribution is -0.122. The lowest BCUT2D eigenvalue weighted by Crippen LogP contribution is -2.44. The van der Waals surface area contributed by atoms with Gasteiger partial charge in [-0.05, 0) is 52.2 Å². The Morgan fingerprint density at radius 3 is 2.47 bits per heavy atom. The molecule has 1 heterocycles. The van der Waals surface area contributed by atoms with Gasteiger partial charge in [-0.15, -0.1) is 0 Å². The lowest BCUT2D eigenvalue weighted by Gasteiger charge is -2.33. The third-order valence-corrected chi connectivity index (χ3v) is 6.19. The summed E-state index contributed by atoms with van der Waals surface area (Å²) in [6, 6.07) is 4.83. The van der Waals surface area contributed by atoms with E-state index in [-0.39, 0.29) is 31.1 Å². The summed E-state index contributed by atoms with van der Waals surface area (Å²) >= 11 is 0. The lowest BCUT2D eigenvalue weighted by atomic mass is 10.1. The Balaban J connectivity index is 2.11. The number of nitrogens with one attached hydrogen (secondary N) is 1. The standard InChI is InChI=1S/C28H40N4O6/c1-28(2,3)38-27(36)32-16-14-22(15-17-32)37-19-9-11-21-10-7-12-23(25(21)30(5)20-34)31(6)24(13-8-18-33)26(35)29-4/h7,10,12,18,20,22,24H,8,13-17,19H2,1-6H3,(H,29,35). The number of carbonyl (C=O) groups is 4. The molecule has 0 spiro atoms. The Bertz CT molecular complexity index is 1030. The van der Waals surface area contributed by atoms with Gasteiger partial charge >= 0.3 is 6.09 Å². The molecule has 10 heteroatoms. The average Bonchev–Trinajstić information content (AvgIpc) is 2.89. The first-order valence-electron chi connectivity index (χ1n) is 12.8. The molecular formula is C28H40N4O6. The zero-order valence-corrected chi connectivity index (χ0v) is 23.3. The summed E-state index contributed by atoms with van der Waals surface area (Å²) in [5, 5.41) is 2.64. The number of likely N-dealkylation sites (tertiary alicyclic amines) is 1. The van der Waals surface area contributed by atoms with E-state index in [1.54, 1.807) is 37.0 Å². The molecule has 0 bridgehead atoms. The number of rotatable bonds is 10. The fraction of sp³-hybridized carbons (Fsp3) is 0.571. The molecule has 0 aliphatic carbocycles. The Morgan fingerprint density at radius 2 is 1.89 bits per heavy atom. The van der Waals surface area contributed by atoms with Crippen LogP contribution in [0.25, 0.3) is 0 Å². The van der Waals surface area contributed by atoms with Crippen LogP contribution in [0.4, 0.5) is 16.2 Å². The molecule has 1 N–H and O–H groups in total. The number of nitrogens with zero attached hydrogens (tertiary/aromatic N) is 3. The molecule has 1 atom stereocenters. The molecule has 0 aromatic heterocycles. The van der Waals surface area contributed by atoms with E-state index in [9.17, 15) is 19.2 Å². The Hall–Kier alpha value is -3.58. The molecule has 1 aliphatic heterocycles. The molecule has 38 heavy (non-hydrogen) atoms. The molecule has 1 fully saturated rings. The fourth-order valence-corrected chi connectivity index (χ4v) is 4.22. The van der Waals surface area contributed by atoms with Crippen molar-refractivity contribution in [3.05, 3.63) is 23.8 Å². The van der Waals surface area contributed by atoms with E-state index in [4.69, 9.17) is 9.47 Å². The summed E-state index contributed by atoms with van der Waals surface area (Å²) in [6.07, 6.45) is 3.11. The molecule has 1 saturated heterocycles. The Labute approximate surface area is 225 Å². The predicted octanol–water partition coefficient (Wildman–Crippen LogP) is 2.58. The van der Waals surface area contributed by atoms with Crippen LogP contribution in [0.2, 0.25) is 0 Å². The van der Waals surface area contributed by atoms with Crippen molar-refractivity contribution in [3.63, 3.8) is 0 Å². The summed E-state index contributed by atoms with van der Waals surface area (Å²) in [5.41, 5.74) is 1.28. The number of carbonyl (C=O) groups excluding carboxylic acids is 4. The molecule has 208 valence electrons. The van der Waals surface area contributed by atoms with Gasteiger partial charge in [0.15, 0.2) is 0 Å². The molecule has 10 nitrogen and oxygen atoms in total. The number of likely N-dealkylation sites (N-methyl/N-ethyl adjacent to an activating group) is 2. The maximum atomic E-state index is 12.5. The van der Waals surface area contributed by atoms with Crippen molar-refractivity contribution in [2.75, 3.05) is 50.6 Å². The van der Waals surface area contributed by atoms with Crippen LogP contribution in [0.5, 0.6) is 0 Å². The van der Waals surface area contributed by atoms with E-state index in [1.807, 2.05) is 32.9 Å². The van der Waals surface area contributed by atoms with E-state index in [0.29, 0.717) is 55.7 Å². The molecule has 1 aromatic rings. The van der Waals surface area contributed by atoms with Gasteiger partial charge in [0, 0.05) is 40.7 Å². The van der Waals surface area contributed by atoms with Crippen LogP contribution in [0.3, 0.4) is 0 Å². The van der Waals surface area contributed by atoms with Gasteiger partial charge in [-0.25, -0.2) is 4.79 Å². The van der Waals surface area contributed by atoms with Crippen molar-refractivity contribution in [1.82, 2.24) is 10.2 Å². The highest BCUT2D eigenvalue weighted by atomic mass is 16.6. The summed E-state index contributed by atoms with van der Waals surface area (Å²) in [5.74, 6) is 5.91. The fourth-order valence-electron chi connectivity index (χ4n) is 4.22. The summed E-state index contributed by atoms with van der Waals surface area (Å²) in [6.45, 7) is 6.86. The normalized spacial score (nSPS) is 14.5. The highest BCUT2D eigenvalue weighted by Gasteiger charge is 2.28. The van der Waals surface area contributed by atoms with Gasteiger partial charge in [-0.1, -0.05) is 17.9 Å². The van der Waals surface area contributed by atoms with E-state index in [1.165, 1.54) is 4.90 Å². The van der Waals surface area contributed by atoms with E-state index < -0.39 is 11.6 Å². The molecular weight excluding hydrogens is 488 g/mol. The van der Waals surface area contributed by atoms with Crippen molar-refractivity contribution >= 4 is 36.1 Å². The van der Waals surface area contributed by atoms with Gasteiger partial charge in [-0.2, -0.15) is 0 Å². The second kappa shape index (κ2) is 14.4. The van der Waals surface area contributed by atoms with Gasteiger partial charge in [0.25, 0.3) is 0 Å². The molecule has 3 amide bonds. The topological polar surface area (TPSA) is 108 Å². The third kappa shape index (κ3) is 8.77. The summed E-state index contributed by atoms with van der Waals surface area (Å²) in [4.78, 5) is 52.3. The highest BCUT2D eigenvalue weighted by Crippen LogP contribution is 2.33. The number of amides is 3. The number of piperidine rings is 1. The summed E-state index contributed by atoms with van der Waals surface area (Å²) < 4.78 is 11.4. The number of para-hydroxylation sites is 1. The molecule has 1 aromatic carbocycles. The number of ether oxygens (including phenoxy) is 2. The average molecular weight is 529 g/mol. The quantitative estimate of drug-likeness (QED) is 0.367. The SMILES string of the molecule is CNC(=O)C(CCC=O)N(C)c1cccc(C#CCOC2CCN(C(=O)OC(C)(C)C)CC2)c1N(C)C=O. The van der Waals surface area contributed by atoms with Crippen LogP contribution in [-0.4, -0.2) is 88.2 Å². The molecule has 1 unspecified atom stereocenters. The highest BCUT2D eigenvalue weighted by molar-refractivity contribution is 5.91. The first kappa shape index (κ1) is 30.6. The first-order chi connectivity index (χ1) is 18.0. The van der Waals surface area contributed by atoms with Crippen molar-refractivity contribution in [2.24, 2.45) is 0 Å². The van der Waals surface area contributed by atoms with Crippen molar-refractivity contribution < 1.29 is 28.7 Å². The predicted molar refractivity (Wildman–Crippen MR) is 146 cm³/mol.